The predicted molar refractivity (Wildman–Crippen MR) is 145 cm³/mol. The summed E-state index contributed by atoms with van der Waals surface area (Å²) in [5.74, 6) is 4.64. The molecular weight excluding hydrogens is 400 g/mol. The molecule has 0 aromatic heterocycles. The molecule has 2 fully saturated rings. The molecule has 1 aromatic rings. The van der Waals surface area contributed by atoms with E-state index in [0.717, 1.165) is 42.4 Å². The lowest BCUT2D eigenvalue weighted by Crippen LogP contribution is -2.18. The van der Waals surface area contributed by atoms with Crippen molar-refractivity contribution in [3.8, 4) is 5.75 Å². The van der Waals surface area contributed by atoms with Gasteiger partial charge in [-0.25, -0.2) is 0 Å². The quantitative estimate of drug-likeness (QED) is 0.254. The third-order valence-corrected chi connectivity index (χ3v) is 8.79. The lowest BCUT2D eigenvalue weighted by atomic mass is 9.71. The van der Waals surface area contributed by atoms with Crippen LogP contribution in [0.5, 0.6) is 5.75 Å². The van der Waals surface area contributed by atoms with Gasteiger partial charge in [-0.1, -0.05) is 84.6 Å². The highest BCUT2D eigenvalue weighted by molar-refractivity contribution is 5.40. The molecule has 0 spiro atoms. The van der Waals surface area contributed by atoms with Crippen LogP contribution in [0.25, 0.3) is 0 Å². The van der Waals surface area contributed by atoms with Gasteiger partial charge in [0.2, 0.25) is 0 Å². The normalized spacial score (nSPS) is 25.8. The Labute approximate surface area is 206 Å². The highest BCUT2D eigenvalue weighted by Crippen LogP contribution is 2.45. The molecule has 2 saturated carbocycles. The molecule has 0 amide bonds. The predicted octanol–water partition coefficient (Wildman–Crippen LogP) is 10.6. The highest BCUT2D eigenvalue weighted by atomic mass is 16.5. The second kappa shape index (κ2) is 15.1. The smallest absolute Gasteiger partial charge is 0.119 e. The minimum Gasteiger partial charge on any atom is -0.494 e. The van der Waals surface area contributed by atoms with E-state index >= 15 is 0 Å². The lowest BCUT2D eigenvalue weighted by Gasteiger charge is -2.34. The molecule has 2 aliphatic carbocycles. The van der Waals surface area contributed by atoms with Gasteiger partial charge in [0.25, 0.3) is 0 Å². The van der Waals surface area contributed by atoms with E-state index in [4.69, 9.17) is 4.74 Å². The molecule has 1 nitrogen and oxygen atoms in total. The maximum Gasteiger partial charge on any atom is 0.119 e. The molecule has 33 heavy (non-hydrogen) atoms. The average Bonchev–Trinajstić information content (AvgIpc) is 2.87. The zero-order valence-corrected chi connectivity index (χ0v) is 22.4. The van der Waals surface area contributed by atoms with Crippen molar-refractivity contribution in [3.63, 3.8) is 0 Å². The Bertz CT molecular complexity index is 634. The van der Waals surface area contributed by atoms with Gasteiger partial charge in [0.1, 0.15) is 5.75 Å². The molecule has 2 aliphatic rings. The second-order valence-corrected chi connectivity index (χ2v) is 11.4. The van der Waals surface area contributed by atoms with Crippen molar-refractivity contribution in [1.29, 1.82) is 0 Å². The van der Waals surface area contributed by atoms with Gasteiger partial charge in [-0.15, -0.1) is 0 Å². The van der Waals surface area contributed by atoms with Gasteiger partial charge in [0, 0.05) is 0 Å². The molecule has 1 heteroatoms. The molecule has 1 aromatic carbocycles. The van der Waals surface area contributed by atoms with E-state index in [1.165, 1.54) is 109 Å². The van der Waals surface area contributed by atoms with Crippen molar-refractivity contribution in [2.24, 2.45) is 11.8 Å². The fraction of sp³-hybridized carbons (Fsp3) is 0.812. The maximum absolute atomic E-state index is 6.10. The fourth-order valence-electron chi connectivity index (χ4n) is 6.64. The van der Waals surface area contributed by atoms with Gasteiger partial charge in [-0.3, -0.25) is 0 Å². The number of benzene rings is 1. The SMILES string of the molecule is CCCCCCCC1CCC(c2cc(OCCC)ccc2C2CCC(CCCC)CC2)CC1. The topological polar surface area (TPSA) is 9.23 Å². The third-order valence-electron chi connectivity index (χ3n) is 8.79. The summed E-state index contributed by atoms with van der Waals surface area (Å²) in [6.07, 6.45) is 25.3. The maximum atomic E-state index is 6.10. The van der Waals surface area contributed by atoms with E-state index in [1.807, 2.05) is 0 Å². The first-order chi connectivity index (χ1) is 16.2. The largest absolute Gasteiger partial charge is 0.494 e. The van der Waals surface area contributed by atoms with Gasteiger partial charge in [0.05, 0.1) is 6.61 Å². The van der Waals surface area contributed by atoms with Crippen LogP contribution in [0.2, 0.25) is 0 Å². The summed E-state index contributed by atoms with van der Waals surface area (Å²) >= 11 is 0. The summed E-state index contributed by atoms with van der Waals surface area (Å²) < 4.78 is 6.10. The van der Waals surface area contributed by atoms with Crippen molar-refractivity contribution in [1.82, 2.24) is 0 Å². The van der Waals surface area contributed by atoms with Crippen molar-refractivity contribution in [3.05, 3.63) is 29.3 Å². The molecule has 0 unspecified atom stereocenters. The molecule has 0 N–H and O–H groups in total. The number of unbranched alkanes of at least 4 members (excludes halogenated alkanes) is 5. The summed E-state index contributed by atoms with van der Waals surface area (Å²) in [6, 6.07) is 7.21. The Kier molecular flexibility index (Phi) is 12.2. The number of ether oxygens (including phenoxy) is 1. The molecule has 0 bridgehead atoms. The summed E-state index contributed by atoms with van der Waals surface area (Å²) in [5, 5.41) is 0. The first kappa shape index (κ1) is 26.6. The van der Waals surface area contributed by atoms with Gasteiger partial charge in [-0.05, 0) is 105 Å². The molecule has 3 rings (SSSR count). The monoisotopic (exact) mass is 454 g/mol. The second-order valence-electron chi connectivity index (χ2n) is 11.4. The zero-order chi connectivity index (χ0) is 23.3. The minimum absolute atomic E-state index is 0.763. The Balaban J connectivity index is 1.60. The molecule has 0 atom stereocenters. The lowest BCUT2D eigenvalue weighted by molar-refractivity contribution is 0.289. The van der Waals surface area contributed by atoms with Gasteiger partial charge in [-0.2, -0.15) is 0 Å². The number of hydrogen-bond donors (Lipinski definition) is 0. The first-order valence-corrected chi connectivity index (χ1v) is 15.0. The van der Waals surface area contributed by atoms with E-state index in [2.05, 4.69) is 39.0 Å². The molecular formula is C32H54O. The zero-order valence-electron chi connectivity index (χ0n) is 22.4. The van der Waals surface area contributed by atoms with E-state index in [1.54, 1.807) is 11.1 Å². The van der Waals surface area contributed by atoms with Crippen LogP contribution in [0.1, 0.15) is 159 Å². The number of hydrogen-bond acceptors (Lipinski definition) is 1. The van der Waals surface area contributed by atoms with Crippen molar-refractivity contribution < 1.29 is 4.74 Å². The molecule has 0 saturated heterocycles. The average molecular weight is 455 g/mol. The van der Waals surface area contributed by atoms with Gasteiger partial charge < -0.3 is 4.74 Å². The van der Waals surface area contributed by atoms with Gasteiger partial charge >= 0.3 is 0 Å². The van der Waals surface area contributed by atoms with Crippen LogP contribution in [-0.2, 0) is 0 Å². The van der Waals surface area contributed by atoms with Crippen molar-refractivity contribution in [2.75, 3.05) is 6.61 Å². The summed E-state index contributed by atoms with van der Waals surface area (Å²) in [4.78, 5) is 0. The Hall–Kier alpha value is -0.980. The highest BCUT2D eigenvalue weighted by Gasteiger charge is 2.29. The molecule has 0 aliphatic heterocycles. The minimum atomic E-state index is 0.763. The first-order valence-electron chi connectivity index (χ1n) is 15.0. The standard InChI is InChI=1S/C32H54O/c1-4-7-9-10-11-13-27-16-20-29(21-17-27)32-25-30(33-24-6-3)22-23-31(32)28-18-14-26(15-19-28)12-8-5-2/h22-23,25-29H,4-21,24H2,1-3H3. The summed E-state index contributed by atoms with van der Waals surface area (Å²) in [5.41, 5.74) is 3.36. The van der Waals surface area contributed by atoms with E-state index in [-0.39, 0.29) is 0 Å². The van der Waals surface area contributed by atoms with Crippen LogP contribution in [-0.4, -0.2) is 6.61 Å². The van der Waals surface area contributed by atoms with Crippen LogP contribution in [0, 0.1) is 11.8 Å². The Morgan fingerprint density at radius 2 is 1.18 bits per heavy atom. The Morgan fingerprint density at radius 1 is 0.606 bits per heavy atom. The van der Waals surface area contributed by atoms with Crippen LogP contribution in [0.4, 0.5) is 0 Å². The van der Waals surface area contributed by atoms with Crippen molar-refractivity contribution >= 4 is 0 Å². The van der Waals surface area contributed by atoms with Crippen molar-refractivity contribution in [2.45, 2.75) is 148 Å². The van der Waals surface area contributed by atoms with E-state index in [0.29, 0.717) is 0 Å². The fourth-order valence-corrected chi connectivity index (χ4v) is 6.64. The summed E-state index contributed by atoms with van der Waals surface area (Å²) in [7, 11) is 0. The van der Waals surface area contributed by atoms with E-state index < -0.39 is 0 Å². The van der Waals surface area contributed by atoms with Crippen LogP contribution in [0.15, 0.2) is 18.2 Å². The van der Waals surface area contributed by atoms with Crippen LogP contribution >= 0.6 is 0 Å². The van der Waals surface area contributed by atoms with E-state index in [9.17, 15) is 0 Å². The summed E-state index contributed by atoms with van der Waals surface area (Å²) in [6.45, 7) is 7.69. The molecule has 0 radical (unpaired) electrons. The Morgan fingerprint density at radius 3 is 1.79 bits per heavy atom. The molecule has 188 valence electrons. The van der Waals surface area contributed by atoms with Gasteiger partial charge in [0.15, 0.2) is 0 Å². The van der Waals surface area contributed by atoms with Crippen LogP contribution < -0.4 is 4.74 Å². The number of rotatable bonds is 14. The van der Waals surface area contributed by atoms with Crippen LogP contribution in [0.3, 0.4) is 0 Å². The third kappa shape index (κ3) is 8.63. The molecule has 0 heterocycles.